The number of nitrogens with zero attached hydrogens (tertiary/aromatic N) is 1. The molecule has 2 atom stereocenters. The summed E-state index contributed by atoms with van der Waals surface area (Å²) in [6, 6.07) is 7.55. The van der Waals surface area contributed by atoms with Gasteiger partial charge in [-0.2, -0.15) is 0 Å². The average Bonchev–Trinajstić information content (AvgIpc) is 3.12. The highest BCUT2D eigenvalue weighted by Crippen LogP contribution is 2.27. The quantitative estimate of drug-likeness (QED) is 0.526. The smallest absolute Gasteiger partial charge is 0.338 e. The van der Waals surface area contributed by atoms with Crippen molar-refractivity contribution in [3.63, 3.8) is 0 Å². The number of amides is 1. The van der Waals surface area contributed by atoms with Gasteiger partial charge in [0.15, 0.2) is 6.61 Å². The van der Waals surface area contributed by atoms with Crippen molar-refractivity contribution in [2.24, 2.45) is 5.92 Å². The molecular formula is C21H26N2O3S2. The number of carbonyl (C=O) groups excluding carboxylic acids is 2. The summed E-state index contributed by atoms with van der Waals surface area (Å²) in [5, 5.41) is 5.02. The molecule has 7 heteroatoms. The van der Waals surface area contributed by atoms with Crippen LogP contribution in [0, 0.1) is 12.8 Å². The minimum absolute atomic E-state index is 0.186. The lowest BCUT2D eigenvalue weighted by Gasteiger charge is -2.29. The number of rotatable bonds is 7. The standard InChI is InChI=1S/C21H26N2O3S2/c1-14-7-3-6-10-18(14)23-19(24)11-26-20(25)17-9-5-4-8-16(17)13-28-21-22-15(2)12-27-21/h4-5,8-9,12,14,18H,3,6-7,10-11,13H2,1-2H3,(H,23,24)/t14-,18-/m1/s1. The summed E-state index contributed by atoms with van der Waals surface area (Å²) >= 11 is 3.19. The number of nitrogens with one attached hydrogen (secondary N) is 1. The van der Waals surface area contributed by atoms with Gasteiger partial charge in [-0.05, 0) is 37.3 Å². The van der Waals surface area contributed by atoms with Gasteiger partial charge in [0.2, 0.25) is 0 Å². The van der Waals surface area contributed by atoms with E-state index in [9.17, 15) is 9.59 Å². The van der Waals surface area contributed by atoms with E-state index in [2.05, 4.69) is 17.2 Å². The van der Waals surface area contributed by atoms with Crippen LogP contribution in [0.4, 0.5) is 0 Å². The van der Waals surface area contributed by atoms with Crippen molar-refractivity contribution in [3.05, 3.63) is 46.5 Å². The lowest BCUT2D eigenvalue weighted by molar-refractivity contribution is -0.125. The lowest BCUT2D eigenvalue weighted by Crippen LogP contribution is -2.42. The SMILES string of the molecule is Cc1csc(SCc2ccccc2C(=O)OCC(=O)N[C@@H]2CCCC[C@H]2C)n1. The van der Waals surface area contributed by atoms with E-state index in [-0.39, 0.29) is 18.6 Å². The molecule has 0 spiro atoms. The third-order valence-corrected chi connectivity index (χ3v) is 7.17. The molecule has 1 amide bonds. The number of thiazole rings is 1. The van der Waals surface area contributed by atoms with Crippen LogP contribution in [0.15, 0.2) is 34.0 Å². The number of benzene rings is 1. The molecule has 1 aliphatic rings. The molecule has 5 nitrogen and oxygen atoms in total. The third-order valence-electron chi connectivity index (χ3n) is 4.98. The molecule has 1 heterocycles. The largest absolute Gasteiger partial charge is 0.452 e. The zero-order valence-corrected chi connectivity index (χ0v) is 17.9. The van der Waals surface area contributed by atoms with Crippen molar-refractivity contribution < 1.29 is 14.3 Å². The molecule has 150 valence electrons. The van der Waals surface area contributed by atoms with E-state index in [1.165, 1.54) is 6.42 Å². The minimum Gasteiger partial charge on any atom is -0.452 e. The van der Waals surface area contributed by atoms with Crippen LogP contribution < -0.4 is 5.32 Å². The van der Waals surface area contributed by atoms with Crippen LogP contribution in [-0.2, 0) is 15.3 Å². The number of aryl methyl sites for hydroxylation is 1. The van der Waals surface area contributed by atoms with Crippen molar-refractivity contribution in [2.75, 3.05) is 6.61 Å². The molecule has 0 radical (unpaired) electrons. The molecule has 0 aliphatic heterocycles. The summed E-state index contributed by atoms with van der Waals surface area (Å²) in [4.78, 5) is 29.1. The molecule has 1 aliphatic carbocycles. The topological polar surface area (TPSA) is 68.3 Å². The molecule has 0 unspecified atom stereocenters. The zero-order chi connectivity index (χ0) is 19.9. The number of ether oxygens (including phenoxy) is 1. The molecule has 1 fully saturated rings. The van der Waals surface area contributed by atoms with Crippen LogP contribution in [0.5, 0.6) is 0 Å². The maximum Gasteiger partial charge on any atom is 0.338 e. The molecule has 28 heavy (non-hydrogen) atoms. The number of hydrogen-bond donors (Lipinski definition) is 1. The normalized spacial score (nSPS) is 19.2. The van der Waals surface area contributed by atoms with Gasteiger partial charge in [0, 0.05) is 22.9 Å². The Morgan fingerprint density at radius 1 is 1.29 bits per heavy atom. The maximum absolute atomic E-state index is 12.5. The number of carbonyl (C=O) groups is 2. The van der Waals surface area contributed by atoms with Gasteiger partial charge >= 0.3 is 5.97 Å². The van der Waals surface area contributed by atoms with Gasteiger partial charge in [-0.25, -0.2) is 9.78 Å². The maximum atomic E-state index is 12.5. The summed E-state index contributed by atoms with van der Waals surface area (Å²) in [6.45, 7) is 3.88. The Balaban J connectivity index is 1.53. The first kappa shape index (κ1) is 20.9. The Bertz CT molecular complexity index is 821. The molecule has 3 rings (SSSR count). The highest BCUT2D eigenvalue weighted by molar-refractivity contribution is 8.00. The van der Waals surface area contributed by atoms with Crippen LogP contribution in [0.25, 0.3) is 0 Å². The van der Waals surface area contributed by atoms with E-state index < -0.39 is 5.97 Å². The van der Waals surface area contributed by atoms with E-state index in [1.807, 2.05) is 30.5 Å². The Hall–Kier alpha value is -1.86. The van der Waals surface area contributed by atoms with E-state index in [0.29, 0.717) is 17.2 Å². The van der Waals surface area contributed by atoms with Gasteiger partial charge < -0.3 is 10.1 Å². The van der Waals surface area contributed by atoms with Crippen LogP contribution >= 0.6 is 23.1 Å². The lowest BCUT2D eigenvalue weighted by atomic mass is 9.86. The second-order valence-corrected chi connectivity index (χ2v) is 9.29. The Morgan fingerprint density at radius 3 is 2.82 bits per heavy atom. The van der Waals surface area contributed by atoms with Crippen molar-refractivity contribution in [3.8, 4) is 0 Å². The second-order valence-electron chi connectivity index (χ2n) is 7.21. The number of aromatic nitrogens is 1. The van der Waals surface area contributed by atoms with Gasteiger partial charge in [0.05, 0.1) is 5.56 Å². The predicted molar refractivity (Wildman–Crippen MR) is 113 cm³/mol. The Kier molecular flexibility index (Phi) is 7.50. The van der Waals surface area contributed by atoms with Gasteiger partial charge in [0.25, 0.3) is 5.91 Å². The summed E-state index contributed by atoms with van der Waals surface area (Å²) in [6.07, 6.45) is 4.49. The minimum atomic E-state index is -0.460. The van der Waals surface area contributed by atoms with E-state index in [4.69, 9.17) is 4.74 Å². The summed E-state index contributed by atoms with van der Waals surface area (Å²) in [7, 11) is 0. The van der Waals surface area contributed by atoms with Gasteiger partial charge in [-0.1, -0.05) is 49.7 Å². The van der Waals surface area contributed by atoms with Crippen LogP contribution in [0.3, 0.4) is 0 Å². The van der Waals surface area contributed by atoms with E-state index in [0.717, 1.165) is 34.9 Å². The first-order valence-corrected chi connectivity index (χ1v) is 11.5. The molecule has 1 N–H and O–H groups in total. The van der Waals surface area contributed by atoms with Crippen molar-refractivity contribution in [2.45, 2.75) is 55.7 Å². The highest BCUT2D eigenvalue weighted by atomic mass is 32.2. The fourth-order valence-corrected chi connectivity index (χ4v) is 5.22. The first-order valence-electron chi connectivity index (χ1n) is 9.62. The third kappa shape index (κ3) is 5.82. The average molecular weight is 419 g/mol. The molecular weight excluding hydrogens is 392 g/mol. The van der Waals surface area contributed by atoms with Crippen LogP contribution in [0.1, 0.15) is 54.2 Å². The van der Waals surface area contributed by atoms with Crippen molar-refractivity contribution in [1.82, 2.24) is 10.3 Å². The van der Waals surface area contributed by atoms with Crippen LogP contribution in [-0.4, -0.2) is 29.5 Å². The number of thioether (sulfide) groups is 1. The summed E-state index contributed by atoms with van der Waals surface area (Å²) in [5.74, 6) is 0.417. The summed E-state index contributed by atoms with van der Waals surface area (Å²) < 4.78 is 6.26. The second kappa shape index (κ2) is 10.1. The zero-order valence-electron chi connectivity index (χ0n) is 16.3. The molecule has 1 saturated carbocycles. The molecule has 2 aromatic rings. The fourth-order valence-electron chi connectivity index (χ4n) is 3.37. The molecule has 1 aromatic carbocycles. The van der Waals surface area contributed by atoms with Crippen molar-refractivity contribution >= 4 is 35.0 Å². The van der Waals surface area contributed by atoms with Gasteiger partial charge in [0.1, 0.15) is 4.34 Å². The van der Waals surface area contributed by atoms with E-state index in [1.54, 1.807) is 29.2 Å². The molecule has 1 aromatic heterocycles. The fraction of sp³-hybridized carbons (Fsp3) is 0.476. The summed E-state index contributed by atoms with van der Waals surface area (Å²) in [5.41, 5.74) is 2.38. The van der Waals surface area contributed by atoms with Crippen LogP contribution in [0.2, 0.25) is 0 Å². The first-order chi connectivity index (χ1) is 13.5. The monoisotopic (exact) mass is 418 g/mol. The van der Waals surface area contributed by atoms with Gasteiger partial charge in [-0.15, -0.1) is 11.3 Å². The van der Waals surface area contributed by atoms with Gasteiger partial charge in [-0.3, -0.25) is 4.79 Å². The molecule has 0 bridgehead atoms. The van der Waals surface area contributed by atoms with Crippen molar-refractivity contribution in [1.29, 1.82) is 0 Å². The number of esters is 1. The Morgan fingerprint density at radius 2 is 2.07 bits per heavy atom. The Labute approximate surface area is 174 Å². The molecule has 0 saturated heterocycles. The van der Waals surface area contributed by atoms with E-state index >= 15 is 0 Å². The highest BCUT2D eigenvalue weighted by Gasteiger charge is 2.23. The predicted octanol–water partition coefficient (Wildman–Crippen LogP) is 4.60. The number of hydrogen-bond acceptors (Lipinski definition) is 6.